The topological polar surface area (TPSA) is 95.0 Å². The third-order valence-electron chi connectivity index (χ3n) is 5.18. The van der Waals surface area contributed by atoms with E-state index in [2.05, 4.69) is 44.1 Å². The number of nitrogens with zero attached hydrogens (tertiary/aromatic N) is 4. The fourth-order valence-electron chi connectivity index (χ4n) is 3.10. The lowest BCUT2D eigenvalue weighted by atomic mass is 10.1. The molecular formula is C25H31N5O2S2. The van der Waals surface area contributed by atoms with Gasteiger partial charge in [-0.1, -0.05) is 36.1 Å². The fraction of sp³-hybridized carbons (Fsp3) is 0.360. The standard InChI is InChI=1S/C25H31N5O2S2/c1-6-7-8-17(2)21-10-9-19(14-26-21)15-30(22-13-18(3)28-29-22)12-11-20-16-33-24(27-20)34-25(4,5)23(31)32/h6-10,13-14,16H,11-12,15H2,1-5H3,(H,28,29)(H,31,32)/b7-6-,17-8+. The third-order valence-corrected chi connectivity index (χ3v) is 7.36. The Labute approximate surface area is 209 Å². The summed E-state index contributed by atoms with van der Waals surface area (Å²) in [6.45, 7) is 10.8. The summed E-state index contributed by atoms with van der Waals surface area (Å²) in [4.78, 5) is 22.9. The Bertz CT molecular complexity index is 1160. The molecule has 3 heterocycles. The van der Waals surface area contributed by atoms with Gasteiger partial charge in [0.05, 0.1) is 11.4 Å². The van der Waals surface area contributed by atoms with Crippen LogP contribution in [-0.2, 0) is 17.8 Å². The third kappa shape index (κ3) is 7.04. The number of aromatic amines is 1. The first-order chi connectivity index (χ1) is 16.2. The Morgan fingerprint density at radius 2 is 2.15 bits per heavy atom. The van der Waals surface area contributed by atoms with Gasteiger partial charge >= 0.3 is 5.97 Å². The SMILES string of the molecule is C/C=C\C=C(/C)c1ccc(CN(CCc2csc(SC(C)(C)C(=O)O)n2)c2cc(C)[nH]n2)cn1. The van der Waals surface area contributed by atoms with E-state index < -0.39 is 10.7 Å². The normalized spacial score (nSPS) is 12.4. The highest BCUT2D eigenvalue weighted by atomic mass is 32.2. The summed E-state index contributed by atoms with van der Waals surface area (Å²) in [5, 5.41) is 18.8. The molecular weight excluding hydrogens is 466 g/mol. The van der Waals surface area contributed by atoms with Crippen molar-refractivity contribution < 1.29 is 9.90 Å². The minimum Gasteiger partial charge on any atom is -0.480 e. The molecule has 0 radical (unpaired) electrons. The lowest BCUT2D eigenvalue weighted by molar-refractivity contribution is -0.138. The van der Waals surface area contributed by atoms with Crippen LogP contribution in [0.1, 0.15) is 50.3 Å². The van der Waals surface area contributed by atoms with Gasteiger partial charge in [-0.2, -0.15) is 5.10 Å². The predicted molar refractivity (Wildman–Crippen MR) is 140 cm³/mol. The van der Waals surface area contributed by atoms with Crippen molar-refractivity contribution in [2.45, 2.75) is 56.7 Å². The number of nitrogens with one attached hydrogen (secondary N) is 1. The second-order valence-corrected chi connectivity index (χ2v) is 11.3. The van der Waals surface area contributed by atoms with E-state index in [1.807, 2.05) is 49.7 Å². The van der Waals surface area contributed by atoms with Gasteiger partial charge < -0.3 is 10.0 Å². The Balaban J connectivity index is 1.70. The van der Waals surface area contributed by atoms with Crippen molar-refractivity contribution in [3.8, 4) is 0 Å². The Morgan fingerprint density at radius 1 is 1.35 bits per heavy atom. The molecule has 0 saturated carbocycles. The van der Waals surface area contributed by atoms with Crippen LogP contribution in [0.25, 0.3) is 5.57 Å². The Morgan fingerprint density at radius 3 is 2.76 bits per heavy atom. The molecule has 3 aromatic heterocycles. The average Bonchev–Trinajstić information content (AvgIpc) is 3.43. The number of aromatic nitrogens is 4. The molecule has 0 unspecified atom stereocenters. The van der Waals surface area contributed by atoms with Crippen LogP contribution in [0.4, 0.5) is 5.82 Å². The van der Waals surface area contributed by atoms with Crippen LogP contribution in [0.2, 0.25) is 0 Å². The molecule has 9 heteroatoms. The number of hydrogen-bond donors (Lipinski definition) is 2. The first kappa shape index (κ1) is 25.7. The number of aliphatic carboxylic acids is 1. The van der Waals surface area contributed by atoms with Crippen molar-refractivity contribution in [3.05, 3.63) is 70.6 Å². The molecule has 7 nitrogen and oxygen atoms in total. The van der Waals surface area contributed by atoms with Crippen molar-refractivity contribution >= 4 is 40.5 Å². The molecule has 3 aromatic rings. The predicted octanol–water partition coefficient (Wildman–Crippen LogP) is 5.75. The summed E-state index contributed by atoms with van der Waals surface area (Å²) in [6, 6.07) is 6.18. The summed E-state index contributed by atoms with van der Waals surface area (Å²) < 4.78 is -0.140. The first-order valence-electron chi connectivity index (χ1n) is 11.1. The number of thioether (sulfide) groups is 1. The maximum absolute atomic E-state index is 11.4. The first-order valence-corrected chi connectivity index (χ1v) is 12.8. The fourth-order valence-corrected chi connectivity index (χ4v) is 5.33. The van der Waals surface area contributed by atoms with Gasteiger partial charge in [0.25, 0.3) is 0 Å². The van der Waals surface area contributed by atoms with E-state index >= 15 is 0 Å². The van der Waals surface area contributed by atoms with E-state index in [9.17, 15) is 9.90 Å². The van der Waals surface area contributed by atoms with Gasteiger partial charge in [0.2, 0.25) is 0 Å². The average molecular weight is 498 g/mol. The number of carbonyl (C=O) groups is 1. The number of anilines is 1. The summed E-state index contributed by atoms with van der Waals surface area (Å²) >= 11 is 2.77. The van der Waals surface area contributed by atoms with E-state index in [-0.39, 0.29) is 0 Å². The van der Waals surface area contributed by atoms with Crippen molar-refractivity contribution in [1.29, 1.82) is 0 Å². The number of carboxylic acids is 1. The molecule has 0 amide bonds. The van der Waals surface area contributed by atoms with E-state index in [1.165, 1.54) is 23.1 Å². The molecule has 180 valence electrons. The molecule has 34 heavy (non-hydrogen) atoms. The minimum absolute atomic E-state index is 0.674. The van der Waals surface area contributed by atoms with E-state index in [4.69, 9.17) is 0 Å². The number of H-pyrrole nitrogens is 1. The number of hydrogen-bond acceptors (Lipinski definition) is 7. The van der Waals surface area contributed by atoms with Crippen LogP contribution in [-0.4, -0.2) is 42.5 Å². The highest BCUT2D eigenvalue weighted by Crippen LogP contribution is 2.34. The minimum atomic E-state index is -0.909. The smallest absolute Gasteiger partial charge is 0.319 e. The van der Waals surface area contributed by atoms with Crippen LogP contribution in [0.5, 0.6) is 0 Å². The number of rotatable bonds is 11. The Kier molecular flexibility index (Phi) is 8.68. The van der Waals surface area contributed by atoms with Crippen LogP contribution in [0, 0.1) is 6.92 Å². The molecule has 0 saturated heterocycles. The number of thiazole rings is 1. The van der Waals surface area contributed by atoms with E-state index in [0.717, 1.165) is 51.3 Å². The van der Waals surface area contributed by atoms with Gasteiger partial charge in [0.1, 0.15) is 4.75 Å². The van der Waals surface area contributed by atoms with Crippen molar-refractivity contribution in [3.63, 3.8) is 0 Å². The van der Waals surface area contributed by atoms with Gasteiger partial charge in [-0.3, -0.25) is 14.9 Å². The zero-order valence-electron chi connectivity index (χ0n) is 20.2. The maximum Gasteiger partial charge on any atom is 0.319 e. The molecule has 2 N–H and O–H groups in total. The molecule has 0 fully saturated rings. The van der Waals surface area contributed by atoms with Crippen molar-refractivity contribution in [2.24, 2.45) is 0 Å². The van der Waals surface area contributed by atoms with Crippen LogP contribution in [0.3, 0.4) is 0 Å². The van der Waals surface area contributed by atoms with Crippen molar-refractivity contribution in [2.75, 3.05) is 11.4 Å². The molecule has 0 aliphatic carbocycles. The zero-order valence-corrected chi connectivity index (χ0v) is 21.8. The van der Waals surface area contributed by atoms with Crippen LogP contribution in [0.15, 0.2) is 52.3 Å². The van der Waals surface area contributed by atoms with Crippen molar-refractivity contribution in [1.82, 2.24) is 20.2 Å². The van der Waals surface area contributed by atoms with Crippen LogP contribution >= 0.6 is 23.1 Å². The largest absolute Gasteiger partial charge is 0.480 e. The quantitative estimate of drug-likeness (QED) is 0.257. The molecule has 0 aliphatic rings. The molecule has 0 atom stereocenters. The van der Waals surface area contributed by atoms with Gasteiger partial charge in [0.15, 0.2) is 10.2 Å². The monoisotopic (exact) mass is 497 g/mol. The highest BCUT2D eigenvalue weighted by molar-refractivity contribution is 8.03. The summed E-state index contributed by atoms with van der Waals surface area (Å²) in [7, 11) is 0. The lowest BCUT2D eigenvalue weighted by Gasteiger charge is -2.22. The molecule has 0 bridgehead atoms. The second-order valence-electron chi connectivity index (χ2n) is 8.53. The molecule has 0 aromatic carbocycles. The number of carboxylic acid groups (broad SMARTS) is 1. The summed E-state index contributed by atoms with van der Waals surface area (Å²) in [5.74, 6) is 0.0315. The van der Waals surface area contributed by atoms with Gasteiger partial charge in [-0.05, 0) is 51.8 Å². The van der Waals surface area contributed by atoms with E-state index in [0.29, 0.717) is 6.54 Å². The second kappa shape index (κ2) is 11.5. The van der Waals surface area contributed by atoms with Gasteiger partial charge in [0, 0.05) is 42.8 Å². The lowest BCUT2D eigenvalue weighted by Crippen LogP contribution is -2.27. The van der Waals surface area contributed by atoms with E-state index in [1.54, 1.807) is 13.8 Å². The zero-order chi connectivity index (χ0) is 24.7. The number of allylic oxidation sites excluding steroid dienone is 4. The number of aryl methyl sites for hydroxylation is 1. The maximum atomic E-state index is 11.4. The summed E-state index contributed by atoms with van der Waals surface area (Å²) in [6.07, 6.45) is 8.71. The number of pyridine rings is 1. The Hall–Kier alpha value is -2.91. The summed E-state index contributed by atoms with van der Waals surface area (Å²) in [5.41, 5.74) is 5.13. The highest BCUT2D eigenvalue weighted by Gasteiger charge is 2.29. The van der Waals surface area contributed by atoms with Gasteiger partial charge in [-0.15, -0.1) is 11.3 Å². The van der Waals surface area contributed by atoms with Crippen LogP contribution < -0.4 is 4.90 Å². The molecule has 0 aliphatic heterocycles. The molecule has 3 rings (SSSR count). The molecule has 0 spiro atoms. The van der Waals surface area contributed by atoms with Gasteiger partial charge in [-0.25, -0.2) is 4.98 Å².